The van der Waals surface area contributed by atoms with Crippen molar-refractivity contribution in [3.8, 4) is 11.1 Å². The molecular weight excluding hydrogens is 256 g/mol. The van der Waals surface area contributed by atoms with Gasteiger partial charge in [-0.05, 0) is 34.5 Å². The molecule has 0 saturated heterocycles. The molecule has 0 N–H and O–H groups in total. The lowest BCUT2D eigenvalue weighted by Gasteiger charge is -2.03. The second kappa shape index (κ2) is 4.03. The van der Waals surface area contributed by atoms with Gasteiger partial charge in [-0.2, -0.15) is 0 Å². The molecule has 2 rings (SSSR count). The van der Waals surface area contributed by atoms with Gasteiger partial charge in [0, 0.05) is 4.47 Å². The Hall–Kier alpha value is -1.35. The molecule has 0 saturated carbocycles. The number of hydrogen-bond acceptors (Lipinski definition) is 2. The van der Waals surface area contributed by atoms with E-state index in [0.29, 0.717) is 11.3 Å². The third-order valence-corrected chi connectivity index (χ3v) is 2.71. The van der Waals surface area contributed by atoms with Crippen molar-refractivity contribution in [2.24, 2.45) is 0 Å². The van der Waals surface area contributed by atoms with Crippen LogP contribution < -0.4 is 5.63 Å². The Labute approximate surface area is 95.7 Å². The van der Waals surface area contributed by atoms with Gasteiger partial charge in [0.05, 0.1) is 5.56 Å². The Morgan fingerprint density at radius 3 is 2.47 bits per heavy atom. The molecule has 0 aliphatic heterocycles. The SMILES string of the molecule is Cc1cc(Br)c(-c2ccccc2)c(=O)o1. The summed E-state index contributed by atoms with van der Waals surface area (Å²) < 4.78 is 5.82. The Kier molecular flexibility index (Phi) is 2.73. The average molecular weight is 265 g/mol. The quantitative estimate of drug-likeness (QED) is 0.791. The van der Waals surface area contributed by atoms with Crippen molar-refractivity contribution in [3.05, 3.63) is 57.1 Å². The molecule has 76 valence electrons. The molecule has 1 heterocycles. The molecular formula is C12H9BrO2. The van der Waals surface area contributed by atoms with Crippen LogP contribution in [0, 0.1) is 6.92 Å². The summed E-state index contributed by atoms with van der Waals surface area (Å²) in [6.45, 7) is 1.75. The first-order chi connectivity index (χ1) is 7.18. The molecule has 1 aromatic carbocycles. The lowest BCUT2D eigenvalue weighted by molar-refractivity contribution is 0.481. The van der Waals surface area contributed by atoms with E-state index in [4.69, 9.17) is 4.42 Å². The predicted octanol–water partition coefficient (Wildman–Crippen LogP) is 3.38. The van der Waals surface area contributed by atoms with E-state index >= 15 is 0 Å². The number of halogens is 1. The molecule has 3 heteroatoms. The number of hydrogen-bond donors (Lipinski definition) is 0. The number of rotatable bonds is 1. The predicted molar refractivity (Wildman–Crippen MR) is 62.9 cm³/mol. The summed E-state index contributed by atoms with van der Waals surface area (Å²) >= 11 is 3.37. The van der Waals surface area contributed by atoms with Crippen molar-refractivity contribution >= 4 is 15.9 Å². The van der Waals surface area contributed by atoms with E-state index in [1.54, 1.807) is 13.0 Å². The van der Waals surface area contributed by atoms with E-state index < -0.39 is 0 Å². The first-order valence-corrected chi connectivity index (χ1v) is 5.33. The van der Waals surface area contributed by atoms with Crippen molar-refractivity contribution in [1.82, 2.24) is 0 Å². The molecule has 0 aliphatic carbocycles. The van der Waals surface area contributed by atoms with Gasteiger partial charge in [0.1, 0.15) is 5.76 Å². The van der Waals surface area contributed by atoms with E-state index in [-0.39, 0.29) is 5.63 Å². The fraction of sp³-hybridized carbons (Fsp3) is 0.0833. The summed E-state index contributed by atoms with van der Waals surface area (Å²) in [6.07, 6.45) is 0. The molecule has 1 aromatic heterocycles. The summed E-state index contributed by atoms with van der Waals surface area (Å²) in [5.41, 5.74) is 1.12. The molecule has 0 amide bonds. The monoisotopic (exact) mass is 264 g/mol. The molecule has 15 heavy (non-hydrogen) atoms. The van der Waals surface area contributed by atoms with Crippen LogP contribution in [0.1, 0.15) is 5.76 Å². The van der Waals surface area contributed by atoms with Crippen LogP contribution in [0.3, 0.4) is 0 Å². The van der Waals surface area contributed by atoms with Gasteiger partial charge >= 0.3 is 5.63 Å². The van der Waals surface area contributed by atoms with Crippen molar-refractivity contribution < 1.29 is 4.42 Å². The third-order valence-electron chi connectivity index (χ3n) is 2.09. The van der Waals surface area contributed by atoms with Gasteiger partial charge in [-0.15, -0.1) is 0 Å². The molecule has 0 spiro atoms. The summed E-state index contributed by atoms with van der Waals surface area (Å²) in [6, 6.07) is 11.2. The van der Waals surface area contributed by atoms with Gasteiger partial charge in [-0.1, -0.05) is 30.3 Å². The summed E-state index contributed by atoms with van der Waals surface area (Å²) in [4.78, 5) is 11.7. The van der Waals surface area contributed by atoms with Crippen LogP contribution >= 0.6 is 15.9 Å². The summed E-state index contributed by atoms with van der Waals surface area (Å²) in [7, 11) is 0. The summed E-state index contributed by atoms with van der Waals surface area (Å²) in [5.74, 6) is 0.603. The molecule has 0 atom stereocenters. The topological polar surface area (TPSA) is 30.2 Å². The van der Waals surface area contributed by atoms with E-state index in [1.807, 2.05) is 30.3 Å². The van der Waals surface area contributed by atoms with Gasteiger partial charge < -0.3 is 4.42 Å². The maximum Gasteiger partial charge on any atom is 0.344 e. The maximum absolute atomic E-state index is 11.7. The maximum atomic E-state index is 11.7. The number of aryl methyl sites for hydroxylation is 1. The van der Waals surface area contributed by atoms with E-state index in [2.05, 4.69) is 15.9 Å². The van der Waals surface area contributed by atoms with Crippen LogP contribution in [0.15, 0.2) is 50.1 Å². The largest absolute Gasteiger partial charge is 0.428 e. The van der Waals surface area contributed by atoms with Crippen LogP contribution in [-0.2, 0) is 0 Å². The second-order valence-electron chi connectivity index (χ2n) is 3.23. The molecule has 0 fully saturated rings. The zero-order valence-corrected chi connectivity index (χ0v) is 9.74. The zero-order valence-electron chi connectivity index (χ0n) is 8.16. The highest BCUT2D eigenvalue weighted by atomic mass is 79.9. The number of benzene rings is 1. The van der Waals surface area contributed by atoms with Crippen molar-refractivity contribution in [3.63, 3.8) is 0 Å². The molecule has 0 bridgehead atoms. The second-order valence-corrected chi connectivity index (χ2v) is 4.09. The first-order valence-electron chi connectivity index (χ1n) is 4.54. The minimum Gasteiger partial charge on any atom is -0.428 e. The standard InChI is InChI=1S/C12H9BrO2/c1-8-7-10(13)11(12(14)15-8)9-5-3-2-4-6-9/h2-7H,1H3. The van der Waals surface area contributed by atoms with Crippen molar-refractivity contribution in [1.29, 1.82) is 0 Å². The van der Waals surface area contributed by atoms with Crippen LogP contribution in [-0.4, -0.2) is 0 Å². The van der Waals surface area contributed by atoms with Crippen LogP contribution in [0.25, 0.3) is 11.1 Å². The Balaban J connectivity index is 2.69. The molecule has 2 nitrogen and oxygen atoms in total. The highest BCUT2D eigenvalue weighted by Crippen LogP contribution is 2.25. The van der Waals surface area contributed by atoms with Gasteiger partial charge in [-0.25, -0.2) is 4.79 Å². The Bertz CT molecular complexity index is 529. The minimum absolute atomic E-state index is 0.312. The summed E-state index contributed by atoms with van der Waals surface area (Å²) in [5, 5.41) is 0. The van der Waals surface area contributed by atoms with Crippen LogP contribution in [0.2, 0.25) is 0 Å². The van der Waals surface area contributed by atoms with E-state index in [0.717, 1.165) is 10.0 Å². The van der Waals surface area contributed by atoms with E-state index in [9.17, 15) is 4.79 Å². The molecule has 0 unspecified atom stereocenters. The van der Waals surface area contributed by atoms with Crippen molar-refractivity contribution in [2.45, 2.75) is 6.92 Å². The van der Waals surface area contributed by atoms with Gasteiger partial charge in [0.15, 0.2) is 0 Å². The average Bonchev–Trinajstić information content (AvgIpc) is 2.17. The lowest BCUT2D eigenvalue weighted by atomic mass is 10.1. The minimum atomic E-state index is -0.312. The van der Waals surface area contributed by atoms with Crippen LogP contribution in [0.5, 0.6) is 0 Å². The normalized spacial score (nSPS) is 10.3. The zero-order chi connectivity index (χ0) is 10.8. The fourth-order valence-electron chi connectivity index (χ4n) is 1.44. The lowest BCUT2D eigenvalue weighted by Crippen LogP contribution is -2.04. The third kappa shape index (κ3) is 2.02. The van der Waals surface area contributed by atoms with E-state index in [1.165, 1.54) is 0 Å². The smallest absolute Gasteiger partial charge is 0.344 e. The van der Waals surface area contributed by atoms with Crippen molar-refractivity contribution in [2.75, 3.05) is 0 Å². The molecule has 0 radical (unpaired) electrons. The highest BCUT2D eigenvalue weighted by Gasteiger charge is 2.09. The first kappa shape index (κ1) is 10.2. The van der Waals surface area contributed by atoms with Gasteiger partial charge in [-0.3, -0.25) is 0 Å². The fourth-order valence-corrected chi connectivity index (χ4v) is 2.15. The highest BCUT2D eigenvalue weighted by molar-refractivity contribution is 9.10. The van der Waals surface area contributed by atoms with Gasteiger partial charge in [0.2, 0.25) is 0 Å². The van der Waals surface area contributed by atoms with Gasteiger partial charge in [0.25, 0.3) is 0 Å². The Morgan fingerprint density at radius 2 is 1.87 bits per heavy atom. The molecule has 2 aromatic rings. The van der Waals surface area contributed by atoms with Crippen LogP contribution in [0.4, 0.5) is 0 Å². The Morgan fingerprint density at radius 1 is 1.20 bits per heavy atom. The molecule has 0 aliphatic rings.